The van der Waals surface area contributed by atoms with Gasteiger partial charge in [0.15, 0.2) is 0 Å². The van der Waals surface area contributed by atoms with E-state index in [2.05, 4.69) is 15.5 Å². The Labute approximate surface area is 181 Å². The number of amides is 2. The number of rotatable bonds is 5. The van der Waals surface area contributed by atoms with Gasteiger partial charge in [-0.1, -0.05) is 42.1 Å². The van der Waals surface area contributed by atoms with Crippen molar-refractivity contribution in [3.8, 4) is 0 Å². The molecule has 0 spiro atoms. The predicted molar refractivity (Wildman–Crippen MR) is 119 cm³/mol. The second kappa shape index (κ2) is 9.99. The number of hydrogen-bond acceptors (Lipinski definition) is 3. The van der Waals surface area contributed by atoms with Crippen LogP contribution in [0.2, 0.25) is 10.0 Å². The molecule has 1 saturated heterocycles. The van der Waals surface area contributed by atoms with Gasteiger partial charge >= 0.3 is 0 Å². The molecule has 1 aliphatic rings. The number of carbonyl (C=O) groups excluding carboxylic acids is 2. The van der Waals surface area contributed by atoms with Crippen molar-refractivity contribution >= 4 is 46.4 Å². The van der Waals surface area contributed by atoms with Crippen molar-refractivity contribution in [1.29, 1.82) is 0 Å². The average molecular weight is 434 g/mol. The zero-order chi connectivity index (χ0) is 20.8. The average Bonchev–Trinajstić information content (AvgIpc) is 3.00. The van der Waals surface area contributed by atoms with Gasteiger partial charge in [0.2, 0.25) is 5.91 Å². The molecule has 1 unspecified atom stereocenters. The lowest BCUT2D eigenvalue weighted by molar-refractivity contribution is -0.117. The third-order valence-electron chi connectivity index (χ3n) is 5.04. The Morgan fingerprint density at radius 3 is 2.28 bits per heavy atom. The van der Waals surface area contributed by atoms with Gasteiger partial charge in [-0.05, 0) is 56.2 Å². The van der Waals surface area contributed by atoms with Gasteiger partial charge in [0, 0.05) is 24.5 Å². The minimum atomic E-state index is -0.733. The molecular formula is C22H25Cl2N3O2. The van der Waals surface area contributed by atoms with Gasteiger partial charge in [-0.2, -0.15) is 0 Å². The topological polar surface area (TPSA) is 61.4 Å². The first-order valence-corrected chi connectivity index (χ1v) is 10.6. The van der Waals surface area contributed by atoms with Crippen LogP contribution >= 0.6 is 23.2 Å². The summed E-state index contributed by atoms with van der Waals surface area (Å²) in [4.78, 5) is 27.2. The molecule has 1 aliphatic heterocycles. The summed E-state index contributed by atoms with van der Waals surface area (Å²) in [5.74, 6) is -0.754. The minimum absolute atomic E-state index is 0.170. The van der Waals surface area contributed by atoms with Crippen LogP contribution < -0.4 is 15.5 Å². The Bertz CT molecular complexity index is 863. The molecular weight excluding hydrogens is 409 g/mol. The fourth-order valence-corrected chi connectivity index (χ4v) is 3.74. The number of benzene rings is 2. The number of nitrogens with one attached hydrogen (secondary N) is 2. The molecule has 0 radical (unpaired) electrons. The van der Waals surface area contributed by atoms with E-state index in [0.717, 1.165) is 13.1 Å². The summed E-state index contributed by atoms with van der Waals surface area (Å²) in [6.07, 6.45) is 5.00. The summed E-state index contributed by atoms with van der Waals surface area (Å²) in [5, 5.41) is 5.95. The Hall–Kier alpha value is -2.24. The number of anilines is 2. The smallest absolute Gasteiger partial charge is 0.253 e. The van der Waals surface area contributed by atoms with Crippen molar-refractivity contribution in [1.82, 2.24) is 5.32 Å². The lowest BCUT2D eigenvalue weighted by Gasteiger charge is -2.23. The van der Waals surface area contributed by atoms with Crippen LogP contribution in [0.5, 0.6) is 0 Å². The molecule has 29 heavy (non-hydrogen) atoms. The van der Waals surface area contributed by atoms with Gasteiger partial charge in [0.05, 0.1) is 15.6 Å². The monoisotopic (exact) mass is 433 g/mol. The fourth-order valence-electron chi connectivity index (χ4n) is 3.35. The molecule has 0 saturated carbocycles. The summed E-state index contributed by atoms with van der Waals surface area (Å²) < 4.78 is 0. The zero-order valence-electron chi connectivity index (χ0n) is 16.4. The molecule has 1 atom stereocenters. The number of nitrogens with zero attached hydrogens (tertiary/aromatic N) is 1. The van der Waals surface area contributed by atoms with Crippen LogP contribution in [0, 0.1) is 0 Å². The van der Waals surface area contributed by atoms with Gasteiger partial charge in [-0.3, -0.25) is 9.59 Å². The SMILES string of the molecule is CC(NC(=O)c1cccc(Cl)c1Cl)C(=O)Nc1ccc(N2CCCCCC2)cc1. The first kappa shape index (κ1) is 21.5. The summed E-state index contributed by atoms with van der Waals surface area (Å²) >= 11 is 12.0. The number of carbonyl (C=O) groups is 2. The molecule has 2 N–H and O–H groups in total. The van der Waals surface area contributed by atoms with Crippen molar-refractivity contribution < 1.29 is 9.59 Å². The van der Waals surface area contributed by atoms with Crippen LogP contribution in [-0.2, 0) is 4.79 Å². The quantitative estimate of drug-likeness (QED) is 0.686. The summed E-state index contributed by atoms with van der Waals surface area (Å²) in [6, 6.07) is 11.9. The van der Waals surface area contributed by atoms with Crippen LogP contribution in [0.25, 0.3) is 0 Å². The number of hydrogen-bond donors (Lipinski definition) is 2. The van der Waals surface area contributed by atoms with E-state index >= 15 is 0 Å². The first-order chi connectivity index (χ1) is 14.0. The summed E-state index contributed by atoms with van der Waals surface area (Å²) in [5.41, 5.74) is 2.10. The van der Waals surface area contributed by atoms with Crippen LogP contribution in [0.15, 0.2) is 42.5 Å². The second-order valence-corrected chi connectivity index (χ2v) is 8.02. The molecule has 2 amide bonds. The van der Waals surface area contributed by atoms with E-state index in [1.807, 2.05) is 24.3 Å². The molecule has 1 heterocycles. The van der Waals surface area contributed by atoms with E-state index in [0.29, 0.717) is 10.7 Å². The number of halogens is 2. The van der Waals surface area contributed by atoms with Crippen LogP contribution in [0.4, 0.5) is 11.4 Å². The highest BCUT2D eigenvalue weighted by atomic mass is 35.5. The van der Waals surface area contributed by atoms with E-state index in [9.17, 15) is 9.59 Å². The van der Waals surface area contributed by atoms with Crippen molar-refractivity contribution in [3.63, 3.8) is 0 Å². The lowest BCUT2D eigenvalue weighted by atomic mass is 10.2. The largest absolute Gasteiger partial charge is 0.372 e. The van der Waals surface area contributed by atoms with Gasteiger partial charge in [0.1, 0.15) is 6.04 Å². The Balaban J connectivity index is 1.57. The van der Waals surface area contributed by atoms with Crippen LogP contribution in [-0.4, -0.2) is 30.9 Å². The third kappa shape index (κ3) is 5.64. The standard InChI is InChI=1S/C22H25Cl2N3O2/c1-15(25-22(29)18-7-6-8-19(23)20(18)24)21(28)26-16-9-11-17(12-10-16)27-13-4-2-3-5-14-27/h6-12,15H,2-5,13-14H2,1H3,(H,25,29)(H,26,28). The Morgan fingerprint density at radius 1 is 0.966 bits per heavy atom. The van der Waals surface area contributed by atoms with E-state index in [4.69, 9.17) is 23.2 Å². The van der Waals surface area contributed by atoms with E-state index < -0.39 is 11.9 Å². The van der Waals surface area contributed by atoms with Crippen molar-refractivity contribution in [2.24, 2.45) is 0 Å². The van der Waals surface area contributed by atoms with E-state index in [-0.39, 0.29) is 16.5 Å². The second-order valence-electron chi connectivity index (χ2n) is 7.23. The van der Waals surface area contributed by atoms with Crippen molar-refractivity contribution in [2.45, 2.75) is 38.6 Å². The molecule has 0 aliphatic carbocycles. The minimum Gasteiger partial charge on any atom is -0.372 e. The molecule has 2 aromatic rings. The van der Waals surface area contributed by atoms with Crippen molar-refractivity contribution in [3.05, 3.63) is 58.1 Å². The maximum atomic E-state index is 12.5. The van der Waals surface area contributed by atoms with E-state index in [1.165, 1.54) is 31.4 Å². The maximum absolute atomic E-state index is 12.5. The fraction of sp³-hybridized carbons (Fsp3) is 0.364. The molecule has 5 nitrogen and oxygen atoms in total. The van der Waals surface area contributed by atoms with Gasteiger partial charge in [-0.15, -0.1) is 0 Å². The lowest BCUT2D eigenvalue weighted by Crippen LogP contribution is -2.41. The molecule has 1 fully saturated rings. The van der Waals surface area contributed by atoms with Crippen LogP contribution in [0.3, 0.4) is 0 Å². The summed E-state index contributed by atoms with van der Waals surface area (Å²) in [7, 11) is 0. The molecule has 0 aromatic heterocycles. The molecule has 3 rings (SSSR count). The highest BCUT2D eigenvalue weighted by Gasteiger charge is 2.19. The van der Waals surface area contributed by atoms with Gasteiger partial charge < -0.3 is 15.5 Å². The van der Waals surface area contributed by atoms with Crippen LogP contribution in [0.1, 0.15) is 43.0 Å². The van der Waals surface area contributed by atoms with Crippen molar-refractivity contribution in [2.75, 3.05) is 23.3 Å². The summed E-state index contributed by atoms with van der Waals surface area (Å²) in [6.45, 7) is 3.76. The zero-order valence-corrected chi connectivity index (χ0v) is 17.9. The molecule has 154 valence electrons. The van der Waals surface area contributed by atoms with E-state index in [1.54, 1.807) is 25.1 Å². The third-order valence-corrected chi connectivity index (χ3v) is 5.86. The highest BCUT2D eigenvalue weighted by Crippen LogP contribution is 2.25. The maximum Gasteiger partial charge on any atom is 0.253 e. The molecule has 7 heteroatoms. The Kier molecular flexibility index (Phi) is 7.40. The predicted octanol–water partition coefficient (Wildman–Crippen LogP) is 5.13. The molecule has 0 bridgehead atoms. The van der Waals surface area contributed by atoms with Gasteiger partial charge in [-0.25, -0.2) is 0 Å². The molecule has 2 aromatic carbocycles. The Morgan fingerprint density at radius 2 is 1.62 bits per heavy atom. The normalized spacial score (nSPS) is 15.3. The highest BCUT2D eigenvalue weighted by molar-refractivity contribution is 6.43. The first-order valence-electron chi connectivity index (χ1n) is 9.86. The van der Waals surface area contributed by atoms with Gasteiger partial charge in [0.25, 0.3) is 5.91 Å².